The van der Waals surface area contributed by atoms with E-state index < -0.39 is 0 Å². The van der Waals surface area contributed by atoms with Gasteiger partial charge in [-0.25, -0.2) is 4.39 Å². The molecule has 0 aliphatic heterocycles. The lowest BCUT2D eigenvalue weighted by Crippen LogP contribution is -1.81. The quantitative estimate of drug-likeness (QED) is 0.595. The predicted molar refractivity (Wildman–Crippen MR) is 39.4 cm³/mol. The molecule has 2 heteroatoms. The zero-order chi connectivity index (χ0) is 7.40. The second-order valence-corrected chi connectivity index (χ2v) is 2.10. The van der Waals surface area contributed by atoms with E-state index in [4.69, 9.17) is 0 Å². The monoisotopic (exact) mass is 138 g/mol. The van der Waals surface area contributed by atoms with Crippen molar-refractivity contribution in [2.45, 2.75) is 6.54 Å². The highest BCUT2D eigenvalue weighted by Gasteiger charge is 1.86. The molecule has 1 aromatic carbocycles. The molecular weight excluding hydrogens is 129 g/mol. The molecule has 0 radical (unpaired) electrons. The Bertz CT molecular complexity index is 193. The van der Waals surface area contributed by atoms with Crippen LogP contribution in [0.2, 0.25) is 0 Å². The Balaban J connectivity index is 2.69. The van der Waals surface area contributed by atoms with Gasteiger partial charge in [0.05, 0.1) is 0 Å². The minimum Gasteiger partial charge on any atom is -0.661 e. The number of rotatable bonds is 2. The lowest BCUT2D eigenvalue weighted by atomic mass is 10.2. The number of benzene rings is 1. The molecule has 0 saturated carbocycles. The van der Waals surface area contributed by atoms with Crippen molar-refractivity contribution in [3.63, 3.8) is 0 Å². The fourth-order valence-corrected chi connectivity index (χ4v) is 0.772. The highest BCUT2D eigenvalue weighted by atomic mass is 19.1. The van der Waals surface area contributed by atoms with Gasteiger partial charge in [-0.2, -0.15) is 7.05 Å². The molecule has 0 amide bonds. The first-order chi connectivity index (χ1) is 4.83. The first-order valence-electron chi connectivity index (χ1n) is 3.13. The van der Waals surface area contributed by atoms with Crippen molar-refractivity contribution in [2.75, 3.05) is 7.05 Å². The zero-order valence-electron chi connectivity index (χ0n) is 5.84. The summed E-state index contributed by atoms with van der Waals surface area (Å²) < 4.78 is 12.3. The molecule has 0 aliphatic rings. The first-order valence-corrected chi connectivity index (χ1v) is 3.13. The van der Waals surface area contributed by atoms with E-state index in [2.05, 4.69) is 5.32 Å². The van der Waals surface area contributed by atoms with E-state index in [1.807, 2.05) is 0 Å². The summed E-state index contributed by atoms with van der Waals surface area (Å²) in [5.41, 5.74) is 1.05. The summed E-state index contributed by atoms with van der Waals surface area (Å²) in [6.07, 6.45) is 0. The van der Waals surface area contributed by atoms with Gasteiger partial charge in [0, 0.05) is 0 Å². The van der Waals surface area contributed by atoms with Crippen LogP contribution in [0.3, 0.4) is 0 Å². The molecule has 0 fully saturated rings. The SMILES string of the molecule is C[N-]Cc1ccc(F)cc1. The van der Waals surface area contributed by atoms with Crippen molar-refractivity contribution in [2.24, 2.45) is 0 Å². The molecule has 10 heavy (non-hydrogen) atoms. The lowest BCUT2D eigenvalue weighted by Gasteiger charge is -2.09. The molecule has 0 spiro atoms. The van der Waals surface area contributed by atoms with E-state index in [1.165, 1.54) is 12.1 Å². The second-order valence-electron chi connectivity index (χ2n) is 2.10. The molecule has 0 unspecified atom stereocenters. The van der Waals surface area contributed by atoms with E-state index >= 15 is 0 Å². The highest BCUT2D eigenvalue weighted by molar-refractivity contribution is 5.17. The Morgan fingerprint density at radius 1 is 1.30 bits per heavy atom. The molecule has 0 aliphatic carbocycles. The standard InChI is InChI=1S/C8H9FN/c1-10-6-7-2-4-8(9)5-3-7/h2-5H,6H2,1H3/q-1. The molecule has 0 heterocycles. The molecule has 0 saturated heterocycles. The largest absolute Gasteiger partial charge is 0.661 e. The minimum absolute atomic E-state index is 0.195. The van der Waals surface area contributed by atoms with Crippen molar-refractivity contribution in [3.05, 3.63) is 41.0 Å². The van der Waals surface area contributed by atoms with Crippen molar-refractivity contribution >= 4 is 0 Å². The lowest BCUT2D eigenvalue weighted by molar-refractivity contribution is 0.627. The maximum Gasteiger partial charge on any atom is 0.123 e. The molecule has 1 rings (SSSR count). The number of nitrogens with zero attached hydrogens (tertiary/aromatic N) is 1. The fourth-order valence-electron chi connectivity index (χ4n) is 0.772. The predicted octanol–water partition coefficient (Wildman–Crippen LogP) is 2.33. The Hall–Kier alpha value is -0.890. The third-order valence-corrected chi connectivity index (χ3v) is 1.25. The van der Waals surface area contributed by atoms with Gasteiger partial charge in [0.1, 0.15) is 5.82 Å². The van der Waals surface area contributed by atoms with Crippen molar-refractivity contribution in [1.29, 1.82) is 0 Å². The number of hydrogen-bond acceptors (Lipinski definition) is 0. The highest BCUT2D eigenvalue weighted by Crippen LogP contribution is 2.04. The molecule has 0 aromatic heterocycles. The Morgan fingerprint density at radius 3 is 2.40 bits per heavy atom. The van der Waals surface area contributed by atoms with Gasteiger partial charge in [0.25, 0.3) is 0 Å². The van der Waals surface area contributed by atoms with Gasteiger partial charge in [-0.3, -0.25) is 0 Å². The summed E-state index contributed by atoms with van der Waals surface area (Å²) in [6.45, 7) is 0.667. The Kier molecular flexibility index (Phi) is 2.40. The zero-order valence-corrected chi connectivity index (χ0v) is 5.84. The summed E-state index contributed by atoms with van der Waals surface area (Å²) in [5, 5.41) is 3.91. The third kappa shape index (κ3) is 1.81. The van der Waals surface area contributed by atoms with Crippen LogP contribution >= 0.6 is 0 Å². The smallest absolute Gasteiger partial charge is 0.123 e. The van der Waals surface area contributed by atoms with Crippen LogP contribution in [0.15, 0.2) is 24.3 Å². The van der Waals surface area contributed by atoms with Gasteiger partial charge >= 0.3 is 0 Å². The maximum absolute atomic E-state index is 12.3. The molecule has 1 aromatic rings. The van der Waals surface area contributed by atoms with Crippen molar-refractivity contribution in [3.8, 4) is 0 Å². The second kappa shape index (κ2) is 3.32. The maximum atomic E-state index is 12.3. The Morgan fingerprint density at radius 2 is 1.90 bits per heavy atom. The Labute approximate surface area is 59.9 Å². The fraction of sp³-hybridized carbons (Fsp3) is 0.250. The first kappa shape index (κ1) is 7.22. The number of halogens is 1. The average Bonchev–Trinajstić information content (AvgIpc) is 1.95. The van der Waals surface area contributed by atoms with Gasteiger partial charge in [-0.1, -0.05) is 17.7 Å². The van der Waals surface area contributed by atoms with E-state index in [-0.39, 0.29) is 5.82 Å². The van der Waals surface area contributed by atoms with Gasteiger partial charge in [0.2, 0.25) is 0 Å². The molecule has 0 N–H and O–H groups in total. The molecule has 0 bridgehead atoms. The summed E-state index contributed by atoms with van der Waals surface area (Å²) in [5.74, 6) is -0.195. The van der Waals surface area contributed by atoms with Gasteiger partial charge < -0.3 is 5.32 Å². The van der Waals surface area contributed by atoms with E-state index in [0.29, 0.717) is 6.54 Å². The topological polar surface area (TPSA) is 14.1 Å². The van der Waals surface area contributed by atoms with Gasteiger partial charge in [-0.15, -0.1) is 6.54 Å². The average molecular weight is 138 g/mol. The summed E-state index contributed by atoms with van der Waals surface area (Å²) in [4.78, 5) is 0. The molecule has 0 atom stereocenters. The third-order valence-electron chi connectivity index (χ3n) is 1.25. The van der Waals surface area contributed by atoms with E-state index in [9.17, 15) is 4.39 Å². The van der Waals surface area contributed by atoms with Crippen molar-refractivity contribution < 1.29 is 4.39 Å². The normalized spacial score (nSPS) is 9.80. The van der Waals surface area contributed by atoms with Crippen LogP contribution in [-0.2, 0) is 6.54 Å². The van der Waals surface area contributed by atoms with Crippen LogP contribution in [0.1, 0.15) is 5.56 Å². The summed E-state index contributed by atoms with van der Waals surface area (Å²) in [7, 11) is 1.74. The van der Waals surface area contributed by atoms with Crippen LogP contribution in [-0.4, -0.2) is 7.05 Å². The van der Waals surface area contributed by atoms with Gasteiger partial charge in [-0.05, 0) is 12.1 Å². The molecule has 1 nitrogen and oxygen atoms in total. The summed E-state index contributed by atoms with van der Waals surface area (Å²) in [6, 6.07) is 6.37. The van der Waals surface area contributed by atoms with Crippen LogP contribution in [0.5, 0.6) is 0 Å². The molecular formula is C8H9FN-. The molecule has 54 valence electrons. The van der Waals surface area contributed by atoms with E-state index in [1.54, 1.807) is 19.2 Å². The van der Waals surface area contributed by atoms with Gasteiger partial charge in [0.15, 0.2) is 0 Å². The van der Waals surface area contributed by atoms with E-state index in [0.717, 1.165) is 5.56 Å². The number of hydrogen-bond donors (Lipinski definition) is 0. The summed E-state index contributed by atoms with van der Waals surface area (Å²) >= 11 is 0. The van der Waals surface area contributed by atoms with Crippen LogP contribution in [0.4, 0.5) is 4.39 Å². The van der Waals surface area contributed by atoms with Crippen LogP contribution in [0.25, 0.3) is 5.32 Å². The minimum atomic E-state index is -0.195. The van der Waals surface area contributed by atoms with Crippen molar-refractivity contribution in [1.82, 2.24) is 0 Å². The van der Waals surface area contributed by atoms with Crippen LogP contribution < -0.4 is 0 Å². The van der Waals surface area contributed by atoms with Crippen LogP contribution in [0, 0.1) is 5.82 Å².